The molecule has 21 heavy (non-hydrogen) atoms. The maximum absolute atomic E-state index is 11.9. The minimum atomic E-state index is -1.18. The molecule has 1 amide bonds. The first-order chi connectivity index (χ1) is 10.0. The number of rotatable bonds is 5. The largest absolute Gasteiger partial charge is 0.480 e. The third-order valence-electron chi connectivity index (χ3n) is 3.05. The van der Waals surface area contributed by atoms with E-state index in [-0.39, 0.29) is 37.7 Å². The number of ether oxygens (including phenoxy) is 1. The van der Waals surface area contributed by atoms with Gasteiger partial charge in [-0.3, -0.25) is 9.59 Å². The van der Waals surface area contributed by atoms with Gasteiger partial charge >= 0.3 is 7.12 Å². The lowest BCUT2D eigenvalue weighted by Crippen LogP contribution is -2.50. The van der Waals surface area contributed by atoms with Gasteiger partial charge < -0.3 is 19.7 Å². The monoisotopic (exact) mass is 311 g/mol. The molecule has 6 nitrogen and oxygen atoms in total. The Morgan fingerprint density at radius 1 is 1.52 bits per heavy atom. The van der Waals surface area contributed by atoms with Crippen LogP contribution in [0.25, 0.3) is 0 Å². The molecule has 0 saturated carbocycles. The number of carbonyl (C=O) groups excluding carboxylic acids is 2. The van der Waals surface area contributed by atoms with Gasteiger partial charge in [-0.2, -0.15) is 0 Å². The predicted octanol–water partition coefficient (Wildman–Crippen LogP) is 0.190. The number of nitrogens with one attached hydrogen (secondary N) is 1. The van der Waals surface area contributed by atoms with Gasteiger partial charge in [0.15, 0.2) is 0 Å². The van der Waals surface area contributed by atoms with Gasteiger partial charge in [0.05, 0.1) is 31.7 Å². The van der Waals surface area contributed by atoms with Gasteiger partial charge in [0.2, 0.25) is 5.91 Å². The van der Waals surface area contributed by atoms with Crippen molar-refractivity contribution in [2.75, 3.05) is 13.2 Å². The summed E-state index contributed by atoms with van der Waals surface area (Å²) < 4.78 is 10.7. The molecule has 1 aliphatic rings. The summed E-state index contributed by atoms with van der Waals surface area (Å²) in [5.41, 5.74) is 0. The molecule has 2 atom stereocenters. The molecular formula is C13H18BNO5S. The maximum atomic E-state index is 11.9. The summed E-state index contributed by atoms with van der Waals surface area (Å²) in [5, 5.41) is 14.6. The van der Waals surface area contributed by atoms with Crippen LogP contribution >= 0.6 is 11.3 Å². The van der Waals surface area contributed by atoms with E-state index in [1.807, 2.05) is 17.5 Å². The van der Waals surface area contributed by atoms with E-state index in [9.17, 15) is 14.6 Å². The first-order valence-electron chi connectivity index (χ1n) is 6.77. The van der Waals surface area contributed by atoms with Crippen molar-refractivity contribution in [3.63, 3.8) is 0 Å². The highest BCUT2D eigenvalue weighted by Gasteiger charge is 2.34. The van der Waals surface area contributed by atoms with Crippen molar-refractivity contribution >= 4 is 30.1 Å². The summed E-state index contributed by atoms with van der Waals surface area (Å²) in [5.74, 6) is -0.857. The lowest BCUT2D eigenvalue weighted by molar-refractivity contribution is -0.121. The van der Waals surface area contributed by atoms with Crippen LogP contribution in [0, 0.1) is 0 Å². The van der Waals surface area contributed by atoms with E-state index < -0.39 is 19.2 Å². The van der Waals surface area contributed by atoms with Crippen LogP contribution in [0.15, 0.2) is 17.5 Å². The van der Waals surface area contributed by atoms with E-state index in [0.717, 1.165) is 4.88 Å². The van der Waals surface area contributed by atoms with Gasteiger partial charge in [-0.15, -0.1) is 11.3 Å². The Bertz CT molecular complexity index is 481. The molecule has 0 unspecified atom stereocenters. The molecule has 2 rings (SSSR count). The molecule has 0 aromatic carbocycles. The third-order valence-corrected chi connectivity index (χ3v) is 3.93. The summed E-state index contributed by atoms with van der Waals surface area (Å²) in [6.07, 6.45) is -0.0262. The van der Waals surface area contributed by atoms with Crippen molar-refractivity contribution in [1.82, 2.24) is 5.32 Å². The molecule has 0 aliphatic carbocycles. The highest BCUT2D eigenvalue weighted by atomic mass is 32.1. The third kappa shape index (κ3) is 5.24. The Labute approximate surface area is 127 Å². The Kier molecular flexibility index (Phi) is 5.92. The average Bonchev–Trinajstić information content (AvgIpc) is 2.83. The summed E-state index contributed by atoms with van der Waals surface area (Å²) in [6, 6.07) is 3.76. The summed E-state index contributed by atoms with van der Waals surface area (Å²) in [7, 11) is -1.18. The molecule has 0 radical (unpaired) electrons. The zero-order chi connectivity index (χ0) is 15.2. The first-order valence-corrected chi connectivity index (χ1v) is 7.65. The number of hydrogen-bond donors (Lipinski definition) is 2. The van der Waals surface area contributed by atoms with Gasteiger partial charge in [0, 0.05) is 11.3 Å². The van der Waals surface area contributed by atoms with Crippen molar-refractivity contribution in [3.8, 4) is 0 Å². The van der Waals surface area contributed by atoms with E-state index in [4.69, 9.17) is 9.39 Å². The van der Waals surface area contributed by atoms with Gasteiger partial charge in [0.25, 0.3) is 0 Å². The molecular weight excluding hydrogens is 293 g/mol. The van der Waals surface area contributed by atoms with Crippen molar-refractivity contribution < 1.29 is 24.0 Å². The van der Waals surface area contributed by atoms with Crippen molar-refractivity contribution in [2.24, 2.45) is 0 Å². The van der Waals surface area contributed by atoms with Crippen molar-refractivity contribution in [2.45, 2.75) is 31.8 Å². The molecule has 114 valence electrons. The number of ketones is 1. The topological polar surface area (TPSA) is 84.9 Å². The summed E-state index contributed by atoms with van der Waals surface area (Å²) in [6.45, 7) is 1.85. The van der Waals surface area contributed by atoms with Crippen molar-refractivity contribution in [1.29, 1.82) is 0 Å². The van der Waals surface area contributed by atoms with Crippen LogP contribution in [-0.4, -0.2) is 49.1 Å². The van der Waals surface area contributed by atoms with Crippen LogP contribution in [0.1, 0.15) is 18.2 Å². The maximum Gasteiger partial charge on any atom is 0.480 e. The second-order valence-corrected chi connectivity index (χ2v) is 6.05. The van der Waals surface area contributed by atoms with Crippen LogP contribution in [0.5, 0.6) is 0 Å². The molecule has 8 heteroatoms. The zero-order valence-corrected chi connectivity index (χ0v) is 12.6. The molecule has 0 spiro atoms. The summed E-state index contributed by atoms with van der Waals surface area (Å²) in [4.78, 5) is 23.9. The fraction of sp³-hybridized carbons (Fsp3) is 0.538. The number of carbonyl (C=O) groups is 2. The second kappa shape index (κ2) is 7.70. The van der Waals surface area contributed by atoms with Gasteiger partial charge in [-0.1, -0.05) is 6.07 Å². The number of Topliss-reactive ketones (excluding diaryl/α,β-unsaturated/α-hetero) is 1. The van der Waals surface area contributed by atoms with E-state index in [1.165, 1.54) is 18.3 Å². The normalized spacial score (nSPS) is 22.7. The number of amides is 1. The van der Waals surface area contributed by atoms with Crippen LogP contribution in [0.2, 0.25) is 0 Å². The molecule has 1 fully saturated rings. The summed E-state index contributed by atoms with van der Waals surface area (Å²) >= 11 is 1.50. The second-order valence-electron chi connectivity index (χ2n) is 5.02. The molecule has 1 aliphatic heterocycles. The van der Waals surface area contributed by atoms with Crippen LogP contribution < -0.4 is 5.32 Å². The molecule has 1 aromatic rings. The standard InChI is InChI=1S/C13H18BNO5S/c1-9(16)5-10-7-19-8-12(14(18)20-10)15-13(17)6-11-3-2-4-21-11/h2-4,10,12,18H,5-8H2,1H3,(H,15,17)/t10-,12+/m1/s1. The number of hydrogen-bond acceptors (Lipinski definition) is 6. The Hall–Kier alpha value is -1.22. The van der Waals surface area contributed by atoms with E-state index in [2.05, 4.69) is 5.32 Å². The molecule has 2 heterocycles. The molecule has 1 aromatic heterocycles. The molecule has 1 saturated heterocycles. The van der Waals surface area contributed by atoms with Gasteiger partial charge in [-0.25, -0.2) is 0 Å². The Morgan fingerprint density at radius 2 is 2.33 bits per heavy atom. The highest BCUT2D eigenvalue weighted by molar-refractivity contribution is 7.10. The lowest BCUT2D eigenvalue weighted by atomic mass is 9.79. The smallest absolute Gasteiger partial charge is 0.426 e. The lowest BCUT2D eigenvalue weighted by Gasteiger charge is -2.18. The van der Waals surface area contributed by atoms with E-state index in [1.54, 1.807) is 0 Å². The molecule has 0 bridgehead atoms. The fourth-order valence-corrected chi connectivity index (χ4v) is 2.81. The van der Waals surface area contributed by atoms with E-state index >= 15 is 0 Å². The van der Waals surface area contributed by atoms with Gasteiger partial charge in [0.1, 0.15) is 5.78 Å². The minimum Gasteiger partial charge on any atom is -0.426 e. The van der Waals surface area contributed by atoms with Gasteiger partial charge in [-0.05, 0) is 18.4 Å². The Morgan fingerprint density at radius 3 is 3.00 bits per heavy atom. The average molecular weight is 311 g/mol. The highest BCUT2D eigenvalue weighted by Crippen LogP contribution is 2.11. The SMILES string of the molecule is CC(=O)C[C@@H]1COC[C@H](NC(=O)Cc2cccs2)B(O)O1. The van der Waals surface area contributed by atoms with Crippen molar-refractivity contribution in [3.05, 3.63) is 22.4 Å². The minimum absolute atomic E-state index is 0.0315. The van der Waals surface area contributed by atoms with Crippen LogP contribution in [0.3, 0.4) is 0 Å². The Balaban J connectivity index is 1.85. The van der Waals surface area contributed by atoms with E-state index in [0.29, 0.717) is 0 Å². The fourth-order valence-electron chi connectivity index (χ4n) is 2.11. The zero-order valence-electron chi connectivity index (χ0n) is 11.8. The predicted molar refractivity (Wildman–Crippen MR) is 78.9 cm³/mol. The quantitative estimate of drug-likeness (QED) is 0.758. The van der Waals surface area contributed by atoms with Crippen LogP contribution in [0.4, 0.5) is 0 Å². The molecule has 2 N–H and O–H groups in total. The first kappa shape index (κ1) is 16.2. The number of thiophene rings is 1. The van der Waals surface area contributed by atoms with Crippen LogP contribution in [-0.2, 0) is 25.4 Å².